The van der Waals surface area contributed by atoms with Crippen LogP contribution in [0.15, 0.2) is 12.1 Å². The van der Waals surface area contributed by atoms with Crippen molar-refractivity contribution in [3.8, 4) is 0 Å². The molecule has 1 fully saturated rings. The summed E-state index contributed by atoms with van der Waals surface area (Å²) in [6, 6.07) is 1.11. The van der Waals surface area contributed by atoms with Crippen molar-refractivity contribution >= 4 is 23.5 Å². The van der Waals surface area contributed by atoms with Gasteiger partial charge in [0.1, 0.15) is 0 Å². The van der Waals surface area contributed by atoms with Gasteiger partial charge >= 0.3 is 5.97 Å². The molecular formula is C13H12F2N2O4. The van der Waals surface area contributed by atoms with Crippen molar-refractivity contribution in [2.24, 2.45) is 5.92 Å². The minimum Gasteiger partial charge on any atom is -0.478 e. The highest BCUT2D eigenvalue weighted by Gasteiger charge is 2.32. The number of hydrogen-bond acceptors (Lipinski definition) is 3. The average molecular weight is 298 g/mol. The standard InChI is InChI=1S/C13H12F2N2O4/c1-17-5-6(2-11(17)18)12(19)16-10-4-9(15)8(14)3-7(10)13(20)21/h3-4,6H,2,5H2,1H3,(H,16,19)(H,20,21). The summed E-state index contributed by atoms with van der Waals surface area (Å²) >= 11 is 0. The maximum absolute atomic E-state index is 13.2. The van der Waals surface area contributed by atoms with E-state index in [9.17, 15) is 23.2 Å². The molecule has 1 heterocycles. The predicted octanol–water partition coefficient (Wildman–Crippen LogP) is 1.08. The average Bonchev–Trinajstić information content (AvgIpc) is 2.73. The first kappa shape index (κ1) is 14.9. The lowest BCUT2D eigenvalue weighted by molar-refractivity contribution is -0.127. The fourth-order valence-electron chi connectivity index (χ4n) is 2.10. The van der Waals surface area contributed by atoms with Gasteiger partial charge in [-0.25, -0.2) is 13.6 Å². The SMILES string of the molecule is CN1CC(C(=O)Nc2cc(F)c(F)cc2C(=O)O)CC1=O. The van der Waals surface area contributed by atoms with Crippen LogP contribution in [0.1, 0.15) is 16.8 Å². The van der Waals surface area contributed by atoms with Gasteiger partial charge in [-0.3, -0.25) is 9.59 Å². The molecule has 2 amide bonds. The molecule has 0 radical (unpaired) electrons. The molecule has 0 aromatic heterocycles. The predicted molar refractivity (Wildman–Crippen MR) is 67.7 cm³/mol. The number of nitrogens with zero attached hydrogens (tertiary/aromatic N) is 1. The first-order chi connectivity index (χ1) is 9.79. The number of carbonyl (C=O) groups is 3. The van der Waals surface area contributed by atoms with Crippen molar-refractivity contribution in [3.63, 3.8) is 0 Å². The van der Waals surface area contributed by atoms with E-state index in [0.29, 0.717) is 12.1 Å². The highest BCUT2D eigenvalue weighted by molar-refractivity contribution is 6.02. The van der Waals surface area contributed by atoms with Crippen LogP contribution in [0.4, 0.5) is 14.5 Å². The molecule has 6 nitrogen and oxygen atoms in total. The first-order valence-corrected chi connectivity index (χ1v) is 6.06. The summed E-state index contributed by atoms with van der Waals surface area (Å²) in [6.45, 7) is 0.191. The van der Waals surface area contributed by atoms with E-state index in [1.165, 1.54) is 11.9 Å². The van der Waals surface area contributed by atoms with Crippen molar-refractivity contribution in [2.45, 2.75) is 6.42 Å². The van der Waals surface area contributed by atoms with Gasteiger partial charge in [-0.15, -0.1) is 0 Å². The summed E-state index contributed by atoms with van der Waals surface area (Å²) in [7, 11) is 1.54. The van der Waals surface area contributed by atoms with Crippen molar-refractivity contribution in [3.05, 3.63) is 29.3 Å². The topological polar surface area (TPSA) is 86.7 Å². The quantitative estimate of drug-likeness (QED) is 0.874. The number of rotatable bonds is 3. The molecule has 8 heteroatoms. The van der Waals surface area contributed by atoms with Crippen LogP contribution in [0.3, 0.4) is 0 Å². The monoisotopic (exact) mass is 298 g/mol. The van der Waals surface area contributed by atoms with E-state index < -0.39 is 35.0 Å². The molecular weight excluding hydrogens is 286 g/mol. The van der Waals surface area contributed by atoms with E-state index in [0.717, 1.165) is 0 Å². The zero-order valence-electron chi connectivity index (χ0n) is 11.0. The van der Waals surface area contributed by atoms with Gasteiger partial charge in [-0.1, -0.05) is 0 Å². The van der Waals surface area contributed by atoms with Gasteiger partial charge in [0.2, 0.25) is 11.8 Å². The molecule has 1 unspecified atom stereocenters. The molecule has 2 rings (SSSR count). The van der Waals surface area contributed by atoms with Crippen LogP contribution in [0.2, 0.25) is 0 Å². The van der Waals surface area contributed by atoms with E-state index in [1.807, 2.05) is 0 Å². The van der Waals surface area contributed by atoms with Crippen molar-refractivity contribution in [1.29, 1.82) is 0 Å². The Morgan fingerprint density at radius 2 is 1.95 bits per heavy atom. The van der Waals surface area contributed by atoms with E-state index in [2.05, 4.69) is 5.32 Å². The zero-order chi connectivity index (χ0) is 15.7. The number of amides is 2. The fourth-order valence-corrected chi connectivity index (χ4v) is 2.10. The molecule has 1 atom stereocenters. The van der Waals surface area contributed by atoms with E-state index in [-0.39, 0.29) is 24.6 Å². The summed E-state index contributed by atoms with van der Waals surface area (Å²) in [5.74, 6) is -5.56. The lowest BCUT2D eigenvalue weighted by Gasteiger charge is -2.13. The molecule has 0 aliphatic carbocycles. The molecule has 0 spiro atoms. The second kappa shape index (κ2) is 5.47. The highest BCUT2D eigenvalue weighted by Crippen LogP contribution is 2.23. The Hall–Kier alpha value is -2.51. The maximum Gasteiger partial charge on any atom is 0.337 e. The highest BCUT2D eigenvalue weighted by atomic mass is 19.2. The third-order valence-corrected chi connectivity index (χ3v) is 3.26. The van der Waals surface area contributed by atoms with E-state index >= 15 is 0 Å². The Kier molecular flexibility index (Phi) is 3.88. The van der Waals surface area contributed by atoms with Crippen LogP contribution in [-0.4, -0.2) is 41.4 Å². The Labute approximate surface area is 118 Å². The number of carboxylic acids is 1. The molecule has 112 valence electrons. The Morgan fingerprint density at radius 3 is 2.48 bits per heavy atom. The summed E-state index contributed by atoms with van der Waals surface area (Å²) in [5, 5.41) is 11.2. The van der Waals surface area contributed by atoms with Crippen molar-refractivity contribution in [2.75, 3.05) is 18.9 Å². The van der Waals surface area contributed by atoms with Crippen LogP contribution >= 0.6 is 0 Å². The Balaban J connectivity index is 2.23. The lowest BCUT2D eigenvalue weighted by atomic mass is 10.1. The second-order valence-electron chi connectivity index (χ2n) is 4.78. The van der Waals surface area contributed by atoms with Crippen molar-refractivity contribution in [1.82, 2.24) is 4.90 Å². The number of hydrogen-bond donors (Lipinski definition) is 2. The number of carboxylic acid groups (broad SMARTS) is 1. The van der Waals surface area contributed by atoms with Crippen LogP contribution in [0.25, 0.3) is 0 Å². The molecule has 1 saturated heterocycles. The van der Waals surface area contributed by atoms with Crippen LogP contribution in [0, 0.1) is 17.6 Å². The van der Waals surface area contributed by atoms with Crippen LogP contribution in [0.5, 0.6) is 0 Å². The second-order valence-corrected chi connectivity index (χ2v) is 4.78. The van der Waals surface area contributed by atoms with Gasteiger partial charge in [-0.2, -0.15) is 0 Å². The third-order valence-electron chi connectivity index (χ3n) is 3.26. The zero-order valence-corrected chi connectivity index (χ0v) is 11.0. The number of nitrogens with one attached hydrogen (secondary N) is 1. The molecule has 1 aliphatic heterocycles. The van der Waals surface area contributed by atoms with Gasteiger partial charge in [0.05, 0.1) is 17.2 Å². The largest absolute Gasteiger partial charge is 0.478 e. The van der Waals surface area contributed by atoms with Gasteiger partial charge in [0, 0.05) is 26.1 Å². The van der Waals surface area contributed by atoms with Gasteiger partial charge in [-0.05, 0) is 6.07 Å². The summed E-state index contributed by atoms with van der Waals surface area (Å²) < 4.78 is 26.3. The van der Waals surface area contributed by atoms with Crippen LogP contribution in [-0.2, 0) is 9.59 Å². The molecule has 1 aromatic carbocycles. The smallest absolute Gasteiger partial charge is 0.337 e. The van der Waals surface area contributed by atoms with E-state index in [4.69, 9.17) is 5.11 Å². The minimum absolute atomic E-state index is 0.00554. The molecule has 21 heavy (non-hydrogen) atoms. The number of likely N-dealkylation sites (tertiary alicyclic amines) is 1. The minimum atomic E-state index is -1.50. The summed E-state index contributed by atoms with van der Waals surface area (Å²) in [5.41, 5.74) is -0.895. The molecule has 1 aromatic rings. The third kappa shape index (κ3) is 2.99. The first-order valence-electron chi connectivity index (χ1n) is 6.06. The Bertz CT molecular complexity index is 633. The van der Waals surface area contributed by atoms with Gasteiger partial charge < -0.3 is 15.3 Å². The number of halogens is 2. The molecule has 2 N–H and O–H groups in total. The Morgan fingerprint density at radius 1 is 1.33 bits per heavy atom. The van der Waals surface area contributed by atoms with E-state index in [1.54, 1.807) is 0 Å². The number of aromatic carboxylic acids is 1. The molecule has 0 bridgehead atoms. The van der Waals surface area contributed by atoms with Gasteiger partial charge in [0.15, 0.2) is 11.6 Å². The summed E-state index contributed by atoms with van der Waals surface area (Å²) in [6.07, 6.45) is -0.00554. The maximum atomic E-state index is 13.2. The number of anilines is 1. The van der Waals surface area contributed by atoms with Crippen molar-refractivity contribution < 1.29 is 28.3 Å². The van der Waals surface area contributed by atoms with Crippen LogP contribution < -0.4 is 5.32 Å². The molecule has 1 aliphatic rings. The summed E-state index contributed by atoms with van der Waals surface area (Å²) in [4.78, 5) is 35.7. The molecule has 0 saturated carbocycles. The number of carbonyl (C=O) groups excluding carboxylic acids is 2. The van der Waals surface area contributed by atoms with Gasteiger partial charge in [0.25, 0.3) is 0 Å². The number of benzene rings is 1. The fraction of sp³-hybridized carbons (Fsp3) is 0.308. The lowest BCUT2D eigenvalue weighted by Crippen LogP contribution is -2.26. The normalized spacial score (nSPS) is 18.0.